The van der Waals surface area contributed by atoms with Crippen LogP contribution in [0, 0.1) is 6.92 Å². The highest BCUT2D eigenvalue weighted by Gasteiger charge is 2.36. The Bertz CT molecular complexity index is 521. The number of fused-ring (bicyclic) bond motifs is 3. The van der Waals surface area contributed by atoms with Gasteiger partial charge in [-0.25, -0.2) is 0 Å². The van der Waals surface area contributed by atoms with E-state index in [-0.39, 0.29) is 5.54 Å². The van der Waals surface area contributed by atoms with E-state index >= 15 is 0 Å². The minimum absolute atomic E-state index is 0.226. The topological polar surface area (TPSA) is 41.7 Å². The number of rotatable bonds is 0. The molecule has 0 aromatic heterocycles. The second-order valence-corrected chi connectivity index (χ2v) is 6.90. The monoisotopic (exact) mass is 275 g/mol. The lowest BCUT2D eigenvalue weighted by Gasteiger charge is -2.49. The Labute approximate surface area is 121 Å². The molecule has 1 saturated heterocycles. The van der Waals surface area contributed by atoms with Gasteiger partial charge in [0.15, 0.2) is 0 Å². The number of nitrogen functional groups attached to an aromatic ring is 1. The molecule has 0 aliphatic carbocycles. The van der Waals surface area contributed by atoms with Gasteiger partial charge in [0.25, 0.3) is 0 Å². The standard InChI is InChI=1S/C16H25N3O/c1-11-13(17)5-6-14-15(11)20-10-12-9-18(16(2,3)4)7-8-19(12)14/h5-6,12H,7-10,17H2,1-4H3. The highest BCUT2D eigenvalue weighted by atomic mass is 16.5. The van der Waals surface area contributed by atoms with Gasteiger partial charge in [-0.1, -0.05) is 0 Å². The van der Waals surface area contributed by atoms with Crippen molar-refractivity contribution in [3.8, 4) is 5.75 Å². The lowest BCUT2D eigenvalue weighted by atomic mass is 10.00. The van der Waals surface area contributed by atoms with Gasteiger partial charge < -0.3 is 15.4 Å². The average molecular weight is 275 g/mol. The molecule has 110 valence electrons. The van der Waals surface area contributed by atoms with E-state index < -0.39 is 0 Å². The van der Waals surface area contributed by atoms with E-state index in [0.717, 1.165) is 43.2 Å². The maximum Gasteiger partial charge on any atom is 0.147 e. The van der Waals surface area contributed by atoms with E-state index in [4.69, 9.17) is 10.5 Å². The third-order valence-electron chi connectivity index (χ3n) is 4.59. The van der Waals surface area contributed by atoms with Crippen LogP contribution in [0.25, 0.3) is 0 Å². The van der Waals surface area contributed by atoms with Gasteiger partial charge in [0.05, 0.1) is 11.7 Å². The van der Waals surface area contributed by atoms with Crippen LogP contribution in [0.2, 0.25) is 0 Å². The molecule has 1 fully saturated rings. The van der Waals surface area contributed by atoms with Crippen molar-refractivity contribution in [2.45, 2.75) is 39.3 Å². The highest BCUT2D eigenvalue weighted by molar-refractivity contribution is 5.70. The highest BCUT2D eigenvalue weighted by Crippen LogP contribution is 2.40. The molecule has 0 saturated carbocycles. The first kappa shape index (κ1) is 13.6. The first-order chi connectivity index (χ1) is 9.38. The number of nitrogens with two attached hydrogens (primary N) is 1. The molecule has 3 rings (SSSR count). The summed E-state index contributed by atoms with van der Waals surface area (Å²) in [6.45, 7) is 12.9. The molecule has 2 aliphatic heterocycles. The van der Waals surface area contributed by atoms with Crippen molar-refractivity contribution >= 4 is 11.4 Å². The van der Waals surface area contributed by atoms with Crippen LogP contribution < -0.4 is 15.4 Å². The Balaban J connectivity index is 1.88. The van der Waals surface area contributed by atoms with Crippen molar-refractivity contribution in [3.63, 3.8) is 0 Å². The summed E-state index contributed by atoms with van der Waals surface area (Å²) in [5, 5.41) is 0. The minimum atomic E-state index is 0.226. The molecule has 4 heteroatoms. The lowest BCUT2D eigenvalue weighted by molar-refractivity contribution is 0.0888. The second kappa shape index (κ2) is 4.55. The zero-order valence-electron chi connectivity index (χ0n) is 12.9. The second-order valence-electron chi connectivity index (χ2n) is 6.90. The van der Waals surface area contributed by atoms with Gasteiger partial charge in [-0.15, -0.1) is 0 Å². The third-order valence-corrected chi connectivity index (χ3v) is 4.59. The van der Waals surface area contributed by atoms with Gasteiger partial charge in [0, 0.05) is 36.4 Å². The first-order valence-corrected chi connectivity index (χ1v) is 7.41. The van der Waals surface area contributed by atoms with Crippen molar-refractivity contribution in [2.24, 2.45) is 0 Å². The molecule has 2 aliphatic rings. The summed E-state index contributed by atoms with van der Waals surface area (Å²) in [4.78, 5) is 5.04. The Morgan fingerprint density at radius 1 is 1.25 bits per heavy atom. The fourth-order valence-corrected chi connectivity index (χ4v) is 3.20. The molecular weight excluding hydrogens is 250 g/mol. The normalized spacial score (nSPS) is 23.0. The Morgan fingerprint density at radius 2 is 2.00 bits per heavy atom. The number of anilines is 2. The number of piperazine rings is 1. The lowest BCUT2D eigenvalue weighted by Crippen LogP contribution is -2.61. The van der Waals surface area contributed by atoms with Crippen molar-refractivity contribution in [1.29, 1.82) is 0 Å². The van der Waals surface area contributed by atoms with Crippen LogP contribution in [0.4, 0.5) is 11.4 Å². The predicted octanol–water partition coefficient (Wildman–Crippen LogP) is 2.26. The summed E-state index contributed by atoms with van der Waals surface area (Å²) >= 11 is 0. The van der Waals surface area contributed by atoms with Crippen molar-refractivity contribution < 1.29 is 4.74 Å². The predicted molar refractivity (Wildman–Crippen MR) is 83.5 cm³/mol. The molecule has 2 heterocycles. The summed E-state index contributed by atoms with van der Waals surface area (Å²) in [6.07, 6.45) is 0. The number of benzene rings is 1. The quantitative estimate of drug-likeness (QED) is 0.738. The van der Waals surface area contributed by atoms with Crippen molar-refractivity contribution in [2.75, 3.05) is 36.9 Å². The maximum atomic E-state index is 6.02. The fraction of sp³-hybridized carbons (Fsp3) is 0.625. The molecule has 2 N–H and O–H groups in total. The largest absolute Gasteiger partial charge is 0.489 e. The number of hydrogen-bond donors (Lipinski definition) is 1. The molecule has 0 bridgehead atoms. The SMILES string of the molecule is Cc1c(N)ccc2c1OCC1CN(C(C)(C)C)CCN21. The smallest absolute Gasteiger partial charge is 0.147 e. The summed E-state index contributed by atoms with van der Waals surface area (Å²) < 4.78 is 6.02. The van der Waals surface area contributed by atoms with E-state index in [2.05, 4.69) is 36.6 Å². The van der Waals surface area contributed by atoms with Gasteiger partial charge in [0.2, 0.25) is 0 Å². The summed E-state index contributed by atoms with van der Waals surface area (Å²) in [5.41, 5.74) is 9.30. The van der Waals surface area contributed by atoms with Crippen LogP contribution in [0.3, 0.4) is 0 Å². The van der Waals surface area contributed by atoms with Crippen LogP contribution in [-0.4, -0.2) is 42.7 Å². The maximum absolute atomic E-state index is 6.02. The van der Waals surface area contributed by atoms with E-state index in [1.807, 2.05) is 13.0 Å². The van der Waals surface area contributed by atoms with Gasteiger partial charge >= 0.3 is 0 Å². The molecule has 0 amide bonds. The van der Waals surface area contributed by atoms with Crippen LogP contribution >= 0.6 is 0 Å². The molecular formula is C16H25N3O. The number of hydrogen-bond acceptors (Lipinski definition) is 4. The molecule has 4 nitrogen and oxygen atoms in total. The zero-order valence-corrected chi connectivity index (χ0v) is 12.9. The fourth-order valence-electron chi connectivity index (χ4n) is 3.20. The molecule has 1 atom stereocenters. The Kier molecular flexibility index (Phi) is 3.09. The van der Waals surface area contributed by atoms with Gasteiger partial charge in [-0.2, -0.15) is 0 Å². The molecule has 1 aromatic carbocycles. The van der Waals surface area contributed by atoms with Gasteiger partial charge in [-0.05, 0) is 39.8 Å². The van der Waals surface area contributed by atoms with Crippen molar-refractivity contribution in [1.82, 2.24) is 4.90 Å². The van der Waals surface area contributed by atoms with Crippen LogP contribution in [0.1, 0.15) is 26.3 Å². The zero-order chi connectivity index (χ0) is 14.5. The number of nitrogens with zero attached hydrogens (tertiary/aromatic N) is 2. The van der Waals surface area contributed by atoms with Gasteiger partial charge in [-0.3, -0.25) is 4.90 Å². The molecule has 0 radical (unpaired) electrons. The Hall–Kier alpha value is -1.42. The van der Waals surface area contributed by atoms with Gasteiger partial charge in [0.1, 0.15) is 12.4 Å². The summed E-state index contributed by atoms with van der Waals surface area (Å²) in [5.74, 6) is 0.977. The van der Waals surface area contributed by atoms with E-state index in [1.165, 1.54) is 5.69 Å². The van der Waals surface area contributed by atoms with E-state index in [1.54, 1.807) is 0 Å². The average Bonchev–Trinajstić information content (AvgIpc) is 2.41. The Morgan fingerprint density at radius 3 is 2.70 bits per heavy atom. The van der Waals surface area contributed by atoms with Crippen LogP contribution in [0.5, 0.6) is 5.75 Å². The molecule has 1 aromatic rings. The molecule has 20 heavy (non-hydrogen) atoms. The number of ether oxygens (including phenoxy) is 1. The van der Waals surface area contributed by atoms with Crippen molar-refractivity contribution in [3.05, 3.63) is 17.7 Å². The van der Waals surface area contributed by atoms with E-state index in [0.29, 0.717) is 6.04 Å². The third kappa shape index (κ3) is 2.12. The van der Waals surface area contributed by atoms with Crippen LogP contribution in [0.15, 0.2) is 12.1 Å². The first-order valence-electron chi connectivity index (χ1n) is 7.41. The van der Waals surface area contributed by atoms with E-state index in [9.17, 15) is 0 Å². The molecule has 1 unspecified atom stereocenters. The molecule has 0 spiro atoms. The minimum Gasteiger partial charge on any atom is -0.489 e. The summed E-state index contributed by atoms with van der Waals surface area (Å²) in [6, 6.07) is 4.55. The summed E-state index contributed by atoms with van der Waals surface area (Å²) in [7, 11) is 0. The van der Waals surface area contributed by atoms with Crippen LogP contribution in [-0.2, 0) is 0 Å².